The minimum atomic E-state index is -3.38. The van der Waals surface area contributed by atoms with Gasteiger partial charge >= 0.3 is 0 Å². The summed E-state index contributed by atoms with van der Waals surface area (Å²) in [6, 6.07) is 7.45. The molecule has 1 N–H and O–H groups in total. The van der Waals surface area contributed by atoms with Gasteiger partial charge in [0.05, 0.1) is 17.9 Å². The van der Waals surface area contributed by atoms with Crippen molar-refractivity contribution in [3.63, 3.8) is 0 Å². The number of sulfonamides is 1. The zero-order chi connectivity index (χ0) is 16.3. The van der Waals surface area contributed by atoms with E-state index < -0.39 is 10.0 Å². The molecule has 0 bridgehead atoms. The largest absolute Gasteiger partial charge is 0.381 e. The van der Waals surface area contributed by atoms with Crippen molar-refractivity contribution in [1.82, 2.24) is 9.62 Å². The van der Waals surface area contributed by atoms with Crippen molar-refractivity contribution in [3.8, 4) is 0 Å². The first-order chi connectivity index (χ1) is 10.3. The summed E-state index contributed by atoms with van der Waals surface area (Å²) in [4.78, 5) is 2.16. The molecule has 1 aromatic rings. The van der Waals surface area contributed by atoms with Crippen LogP contribution in [0.4, 0.5) is 0 Å². The fourth-order valence-electron chi connectivity index (χ4n) is 2.87. The number of likely N-dealkylation sites (N-methyl/N-ethyl adjacent to an activating group) is 1. The first kappa shape index (κ1) is 17.7. The highest BCUT2D eigenvalue weighted by atomic mass is 35.5. The monoisotopic (exact) mass is 346 g/mol. The molecule has 0 radical (unpaired) electrons. The van der Waals surface area contributed by atoms with E-state index in [1.165, 1.54) is 7.11 Å². The van der Waals surface area contributed by atoms with Gasteiger partial charge in [-0.15, -0.1) is 0 Å². The van der Waals surface area contributed by atoms with Gasteiger partial charge in [0, 0.05) is 24.7 Å². The fourth-order valence-corrected chi connectivity index (χ4v) is 4.56. The molecule has 1 aromatic carbocycles. The molecule has 0 saturated carbocycles. The molecule has 0 spiro atoms. The Morgan fingerprint density at radius 3 is 2.64 bits per heavy atom. The zero-order valence-corrected chi connectivity index (χ0v) is 14.7. The van der Waals surface area contributed by atoms with E-state index in [9.17, 15) is 8.42 Å². The van der Waals surface area contributed by atoms with Gasteiger partial charge in [0.15, 0.2) is 0 Å². The molecular weight excluding hydrogens is 324 g/mol. The highest BCUT2D eigenvalue weighted by Gasteiger charge is 2.35. The van der Waals surface area contributed by atoms with Gasteiger partial charge in [0.1, 0.15) is 0 Å². The lowest BCUT2D eigenvalue weighted by molar-refractivity contribution is 0.136. The van der Waals surface area contributed by atoms with E-state index in [4.69, 9.17) is 16.3 Å². The molecule has 124 valence electrons. The molecule has 2 rings (SSSR count). The van der Waals surface area contributed by atoms with Crippen LogP contribution in [0.25, 0.3) is 0 Å². The number of hydrogen-bond acceptors (Lipinski definition) is 4. The lowest BCUT2D eigenvalue weighted by Gasteiger charge is -2.26. The summed E-state index contributed by atoms with van der Waals surface area (Å²) in [5, 5.41) is 0.676. The molecule has 7 heteroatoms. The predicted molar refractivity (Wildman–Crippen MR) is 88.6 cm³/mol. The van der Waals surface area contributed by atoms with E-state index >= 15 is 0 Å². The third-order valence-corrected chi connectivity index (χ3v) is 5.87. The van der Waals surface area contributed by atoms with Gasteiger partial charge in [-0.25, -0.2) is 13.1 Å². The molecule has 0 aliphatic carbocycles. The van der Waals surface area contributed by atoms with Gasteiger partial charge in [0.25, 0.3) is 0 Å². The number of rotatable bonds is 6. The summed E-state index contributed by atoms with van der Waals surface area (Å²) in [6.45, 7) is 2.59. The third-order valence-electron chi connectivity index (χ3n) is 4.05. The Morgan fingerprint density at radius 1 is 1.41 bits per heavy atom. The van der Waals surface area contributed by atoms with Gasteiger partial charge in [-0.1, -0.05) is 23.7 Å². The Balaban J connectivity index is 2.14. The van der Waals surface area contributed by atoms with Crippen molar-refractivity contribution in [2.45, 2.75) is 31.5 Å². The zero-order valence-electron chi connectivity index (χ0n) is 13.1. The molecule has 1 saturated heterocycles. The maximum Gasteiger partial charge on any atom is 0.214 e. The van der Waals surface area contributed by atoms with Crippen molar-refractivity contribution >= 4 is 21.6 Å². The van der Waals surface area contributed by atoms with Crippen LogP contribution >= 0.6 is 11.6 Å². The van der Waals surface area contributed by atoms with E-state index in [1.807, 2.05) is 31.3 Å². The number of nitrogens with zero attached hydrogens (tertiary/aromatic N) is 1. The van der Waals surface area contributed by atoms with E-state index in [2.05, 4.69) is 9.62 Å². The van der Waals surface area contributed by atoms with Crippen LogP contribution in [0.15, 0.2) is 24.3 Å². The number of ether oxygens (including phenoxy) is 1. The first-order valence-electron chi connectivity index (χ1n) is 7.31. The van der Waals surface area contributed by atoms with Crippen molar-refractivity contribution in [2.24, 2.45) is 0 Å². The summed E-state index contributed by atoms with van der Waals surface area (Å²) >= 11 is 5.93. The average Bonchev–Trinajstić information content (AvgIpc) is 2.79. The summed E-state index contributed by atoms with van der Waals surface area (Å²) < 4.78 is 32.4. The minimum Gasteiger partial charge on any atom is -0.381 e. The van der Waals surface area contributed by atoms with E-state index in [0.717, 1.165) is 18.5 Å². The van der Waals surface area contributed by atoms with Crippen LogP contribution in [0.2, 0.25) is 5.02 Å². The van der Waals surface area contributed by atoms with Gasteiger partial charge in [-0.05, 0) is 38.1 Å². The summed E-state index contributed by atoms with van der Waals surface area (Å²) in [5.74, 6) is -0.0307. The van der Waals surface area contributed by atoms with Crippen molar-refractivity contribution in [2.75, 3.05) is 26.5 Å². The molecular formula is C15H23ClN2O3S. The molecule has 3 atom stereocenters. The van der Waals surface area contributed by atoms with Crippen LogP contribution in [0.3, 0.4) is 0 Å². The van der Waals surface area contributed by atoms with Crippen LogP contribution in [0, 0.1) is 0 Å². The predicted octanol–water partition coefficient (Wildman–Crippen LogP) is 2.04. The Morgan fingerprint density at radius 2 is 2.05 bits per heavy atom. The molecule has 3 unspecified atom stereocenters. The summed E-state index contributed by atoms with van der Waals surface area (Å²) in [7, 11) is 0.143. The van der Waals surface area contributed by atoms with Crippen LogP contribution < -0.4 is 4.72 Å². The van der Waals surface area contributed by atoms with Gasteiger partial charge in [-0.3, -0.25) is 4.90 Å². The quantitative estimate of drug-likeness (QED) is 0.856. The number of methoxy groups -OCH3 is 1. The van der Waals surface area contributed by atoms with Crippen molar-refractivity contribution in [1.29, 1.82) is 0 Å². The number of benzene rings is 1. The lowest BCUT2D eigenvalue weighted by atomic mass is 10.0. The summed E-state index contributed by atoms with van der Waals surface area (Å²) in [5.41, 5.74) is 1.07. The van der Waals surface area contributed by atoms with Crippen LogP contribution in [0.5, 0.6) is 0 Å². The molecule has 1 aliphatic heterocycles. The standard InChI is InChI=1S/C15H23ClN2O3S/c1-11(21-3)10-22(19,20)17-14-8-9-18(2)15(14)12-4-6-13(16)7-5-12/h4-7,11,14-15,17H,8-10H2,1-3H3. The maximum absolute atomic E-state index is 12.3. The number of nitrogens with one attached hydrogen (secondary N) is 1. The second kappa shape index (κ2) is 7.27. The topological polar surface area (TPSA) is 58.6 Å². The Hall–Kier alpha value is -0.660. The fraction of sp³-hybridized carbons (Fsp3) is 0.600. The maximum atomic E-state index is 12.3. The second-order valence-electron chi connectivity index (χ2n) is 5.82. The molecule has 0 aromatic heterocycles. The van der Waals surface area contributed by atoms with E-state index in [1.54, 1.807) is 6.92 Å². The summed E-state index contributed by atoms with van der Waals surface area (Å²) in [6.07, 6.45) is 0.454. The second-order valence-corrected chi connectivity index (χ2v) is 8.05. The van der Waals surface area contributed by atoms with Crippen LogP contribution in [-0.2, 0) is 14.8 Å². The van der Waals surface area contributed by atoms with E-state index in [0.29, 0.717) is 5.02 Å². The number of halogens is 1. The highest BCUT2D eigenvalue weighted by Crippen LogP contribution is 2.32. The molecule has 1 fully saturated rings. The molecule has 5 nitrogen and oxygen atoms in total. The lowest BCUT2D eigenvalue weighted by Crippen LogP contribution is -2.41. The third kappa shape index (κ3) is 4.43. The van der Waals surface area contributed by atoms with Gasteiger partial charge in [-0.2, -0.15) is 0 Å². The average molecular weight is 347 g/mol. The van der Waals surface area contributed by atoms with Crippen LogP contribution in [-0.4, -0.2) is 51.9 Å². The Kier molecular flexibility index (Phi) is 5.85. The molecule has 0 amide bonds. The highest BCUT2D eigenvalue weighted by molar-refractivity contribution is 7.89. The Labute approximate surface area is 137 Å². The van der Waals surface area contributed by atoms with Gasteiger partial charge < -0.3 is 4.74 Å². The normalized spacial score (nSPS) is 24.5. The van der Waals surface area contributed by atoms with Gasteiger partial charge in [0.2, 0.25) is 10.0 Å². The Bertz CT molecular complexity index is 591. The minimum absolute atomic E-state index is 0.0184. The van der Waals surface area contributed by atoms with Crippen LogP contribution in [0.1, 0.15) is 24.9 Å². The smallest absolute Gasteiger partial charge is 0.214 e. The van der Waals surface area contributed by atoms with E-state index in [-0.39, 0.29) is 23.9 Å². The number of likely N-dealkylation sites (tertiary alicyclic amines) is 1. The molecule has 22 heavy (non-hydrogen) atoms. The molecule has 1 aliphatic rings. The number of hydrogen-bond donors (Lipinski definition) is 1. The van der Waals surface area contributed by atoms with Crippen molar-refractivity contribution in [3.05, 3.63) is 34.9 Å². The van der Waals surface area contributed by atoms with Crippen molar-refractivity contribution < 1.29 is 13.2 Å². The molecule has 1 heterocycles. The first-order valence-corrected chi connectivity index (χ1v) is 9.34. The SMILES string of the molecule is COC(C)CS(=O)(=O)NC1CCN(C)C1c1ccc(Cl)cc1.